The highest BCUT2D eigenvalue weighted by Gasteiger charge is 2.38. The number of benzene rings is 1. The molecule has 0 bridgehead atoms. The zero-order chi connectivity index (χ0) is 19.6. The van der Waals surface area contributed by atoms with Gasteiger partial charge in [-0.1, -0.05) is 12.1 Å². The fourth-order valence-corrected chi connectivity index (χ4v) is 4.04. The molecular formula is C20H28FN3O3. The van der Waals surface area contributed by atoms with Gasteiger partial charge in [-0.05, 0) is 43.4 Å². The summed E-state index contributed by atoms with van der Waals surface area (Å²) < 4.78 is 13.1. The molecule has 2 aliphatic rings. The first kappa shape index (κ1) is 19.6. The van der Waals surface area contributed by atoms with Gasteiger partial charge in [0, 0.05) is 40.3 Å². The van der Waals surface area contributed by atoms with Crippen LogP contribution < -0.4 is 0 Å². The van der Waals surface area contributed by atoms with Crippen molar-refractivity contribution in [1.29, 1.82) is 0 Å². The zero-order valence-electron chi connectivity index (χ0n) is 16.0. The van der Waals surface area contributed by atoms with Crippen LogP contribution in [-0.4, -0.2) is 72.0 Å². The highest BCUT2D eigenvalue weighted by Crippen LogP contribution is 2.34. The number of nitrogens with zero attached hydrogens (tertiary/aromatic N) is 3. The minimum absolute atomic E-state index is 0.0585. The number of carbonyl (C=O) groups excluding carboxylic acids is 2. The second-order valence-corrected chi connectivity index (χ2v) is 7.83. The molecule has 148 valence electrons. The number of amides is 3. The molecule has 0 aromatic heterocycles. The molecular weight excluding hydrogens is 349 g/mol. The van der Waals surface area contributed by atoms with Crippen molar-refractivity contribution in [3.05, 3.63) is 35.6 Å². The molecule has 0 aliphatic carbocycles. The van der Waals surface area contributed by atoms with E-state index in [1.807, 2.05) is 0 Å². The van der Waals surface area contributed by atoms with Gasteiger partial charge >= 0.3 is 6.03 Å². The maximum atomic E-state index is 13.1. The van der Waals surface area contributed by atoms with Gasteiger partial charge in [-0.3, -0.25) is 4.79 Å². The number of piperidine rings is 2. The lowest BCUT2D eigenvalue weighted by molar-refractivity contribution is -0.141. The molecule has 0 spiro atoms. The number of halogens is 1. The number of urea groups is 1. The van der Waals surface area contributed by atoms with E-state index < -0.39 is 5.60 Å². The maximum absolute atomic E-state index is 13.1. The molecule has 0 unspecified atom stereocenters. The molecule has 1 aromatic rings. The summed E-state index contributed by atoms with van der Waals surface area (Å²) in [6.07, 6.45) is 2.47. The topological polar surface area (TPSA) is 64.1 Å². The maximum Gasteiger partial charge on any atom is 0.319 e. The Kier molecular flexibility index (Phi) is 5.69. The van der Waals surface area contributed by atoms with Gasteiger partial charge in [0.2, 0.25) is 5.91 Å². The molecule has 2 heterocycles. The first-order valence-electron chi connectivity index (χ1n) is 9.53. The van der Waals surface area contributed by atoms with Crippen LogP contribution in [-0.2, 0) is 10.4 Å². The molecule has 27 heavy (non-hydrogen) atoms. The first-order valence-corrected chi connectivity index (χ1v) is 9.53. The van der Waals surface area contributed by atoms with E-state index in [9.17, 15) is 19.1 Å². The van der Waals surface area contributed by atoms with Crippen LogP contribution >= 0.6 is 0 Å². The summed E-state index contributed by atoms with van der Waals surface area (Å²) >= 11 is 0. The average Bonchev–Trinajstić information content (AvgIpc) is 2.68. The third kappa shape index (κ3) is 4.24. The van der Waals surface area contributed by atoms with Crippen LogP contribution in [0.15, 0.2) is 24.3 Å². The van der Waals surface area contributed by atoms with Crippen molar-refractivity contribution in [2.24, 2.45) is 5.92 Å². The quantitative estimate of drug-likeness (QED) is 0.858. The Morgan fingerprint density at radius 2 is 1.74 bits per heavy atom. The largest absolute Gasteiger partial charge is 0.385 e. The van der Waals surface area contributed by atoms with E-state index >= 15 is 0 Å². The summed E-state index contributed by atoms with van der Waals surface area (Å²) in [5.41, 5.74) is -0.333. The van der Waals surface area contributed by atoms with Crippen molar-refractivity contribution in [3.8, 4) is 0 Å². The Balaban J connectivity index is 1.59. The zero-order valence-corrected chi connectivity index (χ0v) is 16.0. The SMILES string of the molecule is CN(C)C(=O)N1CCC[C@@H](C(=O)N2CCC(O)(c3ccc(F)cc3)CC2)C1. The summed E-state index contributed by atoms with van der Waals surface area (Å²) in [6.45, 7) is 2.06. The van der Waals surface area contributed by atoms with Crippen molar-refractivity contribution in [1.82, 2.24) is 14.7 Å². The van der Waals surface area contributed by atoms with E-state index in [1.54, 1.807) is 36.0 Å². The number of carbonyl (C=O) groups is 2. The smallest absolute Gasteiger partial charge is 0.319 e. The van der Waals surface area contributed by atoms with Gasteiger partial charge in [-0.15, -0.1) is 0 Å². The van der Waals surface area contributed by atoms with Gasteiger partial charge in [0.05, 0.1) is 11.5 Å². The molecule has 2 saturated heterocycles. The van der Waals surface area contributed by atoms with Gasteiger partial charge in [-0.2, -0.15) is 0 Å². The average molecular weight is 377 g/mol. The van der Waals surface area contributed by atoms with Crippen molar-refractivity contribution >= 4 is 11.9 Å². The molecule has 3 amide bonds. The van der Waals surface area contributed by atoms with Crippen molar-refractivity contribution in [3.63, 3.8) is 0 Å². The van der Waals surface area contributed by atoms with Crippen molar-refractivity contribution < 1.29 is 19.1 Å². The van der Waals surface area contributed by atoms with E-state index in [4.69, 9.17) is 0 Å². The predicted molar refractivity (Wildman–Crippen MR) is 99.5 cm³/mol. The Labute approximate surface area is 159 Å². The third-order valence-corrected chi connectivity index (χ3v) is 5.71. The van der Waals surface area contributed by atoms with Gasteiger partial charge in [0.25, 0.3) is 0 Å². The fourth-order valence-electron chi connectivity index (χ4n) is 4.04. The molecule has 2 aliphatic heterocycles. The van der Waals surface area contributed by atoms with Crippen LogP contribution in [0, 0.1) is 11.7 Å². The van der Waals surface area contributed by atoms with E-state index in [1.165, 1.54) is 17.0 Å². The van der Waals surface area contributed by atoms with Crippen LogP contribution in [0.2, 0.25) is 0 Å². The molecule has 2 fully saturated rings. The highest BCUT2D eigenvalue weighted by molar-refractivity contribution is 5.81. The first-order chi connectivity index (χ1) is 12.8. The molecule has 3 rings (SSSR count). The van der Waals surface area contributed by atoms with Crippen molar-refractivity contribution in [2.75, 3.05) is 40.3 Å². The number of hydrogen-bond donors (Lipinski definition) is 1. The number of aliphatic hydroxyl groups is 1. The summed E-state index contributed by atoms with van der Waals surface area (Å²) in [5.74, 6) is -0.448. The van der Waals surface area contributed by atoms with E-state index in [2.05, 4.69) is 0 Å². The van der Waals surface area contributed by atoms with Gasteiger partial charge in [0.15, 0.2) is 0 Å². The lowest BCUT2D eigenvalue weighted by atomic mass is 9.84. The summed E-state index contributed by atoms with van der Waals surface area (Å²) in [4.78, 5) is 30.2. The standard InChI is InChI=1S/C20H28FN3O3/c1-22(2)19(26)24-11-3-4-15(14-24)18(25)23-12-9-20(27,10-13-23)16-5-7-17(21)8-6-16/h5-8,15,27H,3-4,9-14H2,1-2H3/t15-/m1/s1. The minimum atomic E-state index is -1.02. The molecule has 7 heteroatoms. The molecule has 1 atom stereocenters. The monoisotopic (exact) mass is 377 g/mol. The number of hydrogen-bond acceptors (Lipinski definition) is 3. The lowest BCUT2D eigenvalue weighted by Gasteiger charge is -2.41. The van der Waals surface area contributed by atoms with Crippen LogP contribution in [0.5, 0.6) is 0 Å². The number of rotatable bonds is 2. The lowest BCUT2D eigenvalue weighted by Crippen LogP contribution is -2.52. The number of likely N-dealkylation sites (tertiary alicyclic amines) is 2. The van der Waals surface area contributed by atoms with E-state index in [0.29, 0.717) is 44.6 Å². The molecule has 0 saturated carbocycles. The Bertz CT molecular complexity index is 684. The predicted octanol–water partition coefficient (Wildman–Crippen LogP) is 2.03. The van der Waals surface area contributed by atoms with Crippen LogP contribution in [0.3, 0.4) is 0 Å². The minimum Gasteiger partial charge on any atom is -0.385 e. The fraction of sp³-hybridized carbons (Fsp3) is 0.600. The molecule has 1 aromatic carbocycles. The molecule has 6 nitrogen and oxygen atoms in total. The second kappa shape index (κ2) is 7.84. The Hall–Kier alpha value is -2.15. The molecule has 1 N–H and O–H groups in total. The van der Waals surface area contributed by atoms with E-state index in [0.717, 1.165) is 12.8 Å². The van der Waals surface area contributed by atoms with Crippen LogP contribution in [0.1, 0.15) is 31.2 Å². The Morgan fingerprint density at radius 1 is 1.11 bits per heavy atom. The van der Waals surface area contributed by atoms with Crippen LogP contribution in [0.4, 0.5) is 9.18 Å². The van der Waals surface area contributed by atoms with Gasteiger partial charge in [0.1, 0.15) is 5.82 Å². The second-order valence-electron chi connectivity index (χ2n) is 7.83. The highest BCUT2D eigenvalue weighted by atomic mass is 19.1. The van der Waals surface area contributed by atoms with E-state index in [-0.39, 0.29) is 23.7 Å². The van der Waals surface area contributed by atoms with Gasteiger partial charge < -0.3 is 19.8 Å². The third-order valence-electron chi connectivity index (χ3n) is 5.71. The molecule has 0 radical (unpaired) electrons. The summed E-state index contributed by atoms with van der Waals surface area (Å²) in [5, 5.41) is 10.9. The van der Waals surface area contributed by atoms with Gasteiger partial charge in [-0.25, -0.2) is 9.18 Å². The summed E-state index contributed by atoms with van der Waals surface area (Å²) in [7, 11) is 3.43. The summed E-state index contributed by atoms with van der Waals surface area (Å²) in [6, 6.07) is 5.86. The van der Waals surface area contributed by atoms with Crippen LogP contribution in [0.25, 0.3) is 0 Å². The normalized spacial score (nSPS) is 22.4. The Morgan fingerprint density at radius 3 is 2.33 bits per heavy atom. The van der Waals surface area contributed by atoms with Crippen molar-refractivity contribution in [2.45, 2.75) is 31.3 Å².